The molecular formula is C14H20N2O2. The molecule has 1 aliphatic rings. The maximum Gasteiger partial charge on any atom is 0.335 e. The fraction of sp³-hybridized carbons (Fsp3) is 0.500. The van der Waals surface area contributed by atoms with E-state index in [9.17, 15) is 4.79 Å². The number of aromatic carboxylic acids is 1. The largest absolute Gasteiger partial charge is 0.478 e. The van der Waals surface area contributed by atoms with Gasteiger partial charge in [-0.1, -0.05) is 12.1 Å². The average molecular weight is 248 g/mol. The van der Waals surface area contributed by atoms with Gasteiger partial charge >= 0.3 is 5.97 Å². The van der Waals surface area contributed by atoms with E-state index < -0.39 is 5.97 Å². The maximum atomic E-state index is 10.7. The van der Waals surface area contributed by atoms with E-state index in [1.165, 1.54) is 12.8 Å². The van der Waals surface area contributed by atoms with Gasteiger partial charge < -0.3 is 15.7 Å². The second kappa shape index (κ2) is 6.52. The molecule has 0 amide bonds. The lowest BCUT2D eigenvalue weighted by atomic mass is 9.98. The SMILES string of the molecule is O=C(O)c1ccc(CNCC2CCNCC2)cc1. The molecule has 1 aromatic carbocycles. The van der Waals surface area contributed by atoms with Gasteiger partial charge in [-0.15, -0.1) is 0 Å². The molecule has 3 N–H and O–H groups in total. The highest BCUT2D eigenvalue weighted by Crippen LogP contribution is 2.10. The Labute approximate surface area is 107 Å². The Morgan fingerprint density at radius 3 is 2.56 bits per heavy atom. The lowest BCUT2D eigenvalue weighted by Crippen LogP contribution is -2.33. The molecule has 98 valence electrons. The first-order chi connectivity index (χ1) is 8.75. The first-order valence-corrected chi connectivity index (χ1v) is 6.49. The Balaban J connectivity index is 1.74. The molecule has 2 rings (SSSR count). The number of benzene rings is 1. The summed E-state index contributed by atoms with van der Waals surface area (Å²) in [5.41, 5.74) is 1.48. The summed E-state index contributed by atoms with van der Waals surface area (Å²) in [7, 11) is 0. The minimum absolute atomic E-state index is 0.345. The molecule has 0 spiro atoms. The smallest absolute Gasteiger partial charge is 0.335 e. The molecule has 0 saturated carbocycles. The van der Waals surface area contributed by atoms with Crippen molar-refractivity contribution >= 4 is 5.97 Å². The second-order valence-electron chi connectivity index (χ2n) is 4.83. The summed E-state index contributed by atoms with van der Waals surface area (Å²) in [5, 5.41) is 15.6. The number of hydrogen-bond acceptors (Lipinski definition) is 3. The van der Waals surface area contributed by atoms with Gasteiger partial charge in [-0.2, -0.15) is 0 Å². The van der Waals surface area contributed by atoms with Crippen LogP contribution < -0.4 is 10.6 Å². The van der Waals surface area contributed by atoms with E-state index in [4.69, 9.17) is 5.11 Å². The number of carboxylic acids is 1. The second-order valence-corrected chi connectivity index (χ2v) is 4.83. The van der Waals surface area contributed by atoms with Gasteiger partial charge in [-0.25, -0.2) is 4.79 Å². The van der Waals surface area contributed by atoms with E-state index in [0.717, 1.165) is 37.7 Å². The van der Waals surface area contributed by atoms with Crippen molar-refractivity contribution < 1.29 is 9.90 Å². The molecule has 1 aromatic rings. The minimum Gasteiger partial charge on any atom is -0.478 e. The molecule has 0 aliphatic carbocycles. The van der Waals surface area contributed by atoms with Gasteiger partial charge in [0.15, 0.2) is 0 Å². The highest BCUT2D eigenvalue weighted by molar-refractivity contribution is 5.87. The zero-order valence-electron chi connectivity index (χ0n) is 10.5. The van der Waals surface area contributed by atoms with Crippen molar-refractivity contribution in [3.8, 4) is 0 Å². The van der Waals surface area contributed by atoms with Crippen LogP contribution >= 0.6 is 0 Å². The number of carboxylic acid groups (broad SMARTS) is 1. The molecule has 1 aliphatic heterocycles. The van der Waals surface area contributed by atoms with Gasteiger partial charge in [0, 0.05) is 6.54 Å². The fourth-order valence-corrected chi connectivity index (χ4v) is 2.27. The van der Waals surface area contributed by atoms with E-state index in [2.05, 4.69) is 10.6 Å². The van der Waals surface area contributed by atoms with Crippen molar-refractivity contribution in [2.75, 3.05) is 19.6 Å². The van der Waals surface area contributed by atoms with E-state index >= 15 is 0 Å². The van der Waals surface area contributed by atoms with Crippen molar-refractivity contribution in [3.05, 3.63) is 35.4 Å². The number of hydrogen-bond donors (Lipinski definition) is 3. The Kier molecular flexibility index (Phi) is 4.73. The van der Waals surface area contributed by atoms with Crippen LogP contribution in [0.2, 0.25) is 0 Å². The number of nitrogens with one attached hydrogen (secondary N) is 2. The molecule has 0 atom stereocenters. The molecule has 0 aromatic heterocycles. The first-order valence-electron chi connectivity index (χ1n) is 6.49. The predicted octanol–water partition coefficient (Wildman–Crippen LogP) is 1.47. The Hall–Kier alpha value is -1.39. The third kappa shape index (κ3) is 3.82. The molecule has 4 nitrogen and oxygen atoms in total. The summed E-state index contributed by atoms with van der Waals surface area (Å²) in [5.74, 6) is -0.103. The van der Waals surface area contributed by atoms with Gasteiger partial charge in [0.2, 0.25) is 0 Å². The van der Waals surface area contributed by atoms with Crippen LogP contribution in [-0.2, 0) is 6.54 Å². The number of piperidine rings is 1. The Morgan fingerprint density at radius 2 is 1.94 bits per heavy atom. The van der Waals surface area contributed by atoms with E-state index in [-0.39, 0.29) is 0 Å². The van der Waals surface area contributed by atoms with E-state index in [1.54, 1.807) is 12.1 Å². The molecule has 1 fully saturated rings. The average Bonchev–Trinajstić information content (AvgIpc) is 2.40. The maximum absolute atomic E-state index is 10.7. The Bertz CT molecular complexity index is 383. The third-order valence-electron chi connectivity index (χ3n) is 3.42. The van der Waals surface area contributed by atoms with Gasteiger partial charge in [-0.05, 0) is 56.1 Å². The standard InChI is InChI=1S/C14H20N2O2/c17-14(18)13-3-1-11(2-4-13)9-16-10-12-5-7-15-8-6-12/h1-4,12,15-16H,5-10H2,(H,17,18). The highest BCUT2D eigenvalue weighted by Gasteiger charge is 2.11. The monoisotopic (exact) mass is 248 g/mol. The van der Waals surface area contributed by atoms with Crippen LogP contribution in [0.1, 0.15) is 28.8 Å². The molecular weight excluding hydrogens is 228 g/mol. The molecule has 1 heterocycles. The molecule has 0 unspecified atom stereocenters. The summed E-state index contributed by atoms with van der Waals surface area (Å²) >= 11 is 0. The van der Waals surface area contributed by atoms with Crippen LogP contribution in [0.4, 0.5) is 0 Å². The van der Waals surface area contributed by atoms with Gasteiger partial charge in [0.1, 0.15) is 0 Å². The van der Waals surface area contributed by atoms with Gasteiger partial charge in [0.05, 0.1) is 5.56 Å². The zero-order chi connectivity index (χ0) is 12.8. The summed E-state index contributed by atoms with van der Waals surface area (Å²) in [6, 6.07) is 7.06. The fourth-order valence-electron chi connectivity index (χ4n) is 2.27. The molecule has 0 bridgehead atoms. The van der Waals surface area contributed by atoms with Gasteiger partial charge in [-0.3, -0.25) is 0 Å². The van der Waals surface area contributed by atoms with Crippen molar-refractivity contribution in [1.82, 2.24) is 10.6 Å². The Morgan fingerprint density at radius 1 is 1.28 bits per heavy atom. The molecule has 0 radical (unpaired) electrons. The minimum atomic E-state index is -0.871. The summed E-state index contributed by atoms with van der Waals surface area (Å²) in [4.78, 5) is 10.7. The van der Waals surface area contributed by atoms with Crippen LogP contribution in [0.15, 0.2) is 24.3 Å². The topological polar surface area (TPSA) is 61.4 Å². The number of rotatable bonds is 5. The molecule has 4 heteroatoms. The lowest BCUT2D eigenvalue weighted by molar-refractivity contribution is 0.0697. The quantitative estimate of drug-likeness (QED) is 0.738. The van der Waals surface area contributed by atoms with Crippen LogP contribution in [0.5, 0.6) is 0 Å². The van der Waals surface area contributed by atoms with Crippen molar-refractivity contribution in [2.24, 2.45) is 5.92 Å². The van der Waals surface area contributed by atoms with Crippen LogP contribution in [0.3, 0.4) is 0 Å². The highest BCUT2D eigenvalue weighted by atomic mass is 16.4. The van der Waals surface area contributed by atoms with Crippen molar-refractivity contribution in [1.29, 1.82) is 0 Å². The predicted molar refractivity (Wildman–Crippen MR) is 70.7 cm³/mol. The van der Waals surface area contributed by atoms with Crippen LogP contribution in [0.25, 0.3) is 0 Å². The van der Waals surface area contributed by atoms with Crippen molar-refractivity contribution in [3.63, 3.8) is 0 Å². The first kappa shape index (κ1) is 13.1. The summed E-state index contributed by atoms with van der Waals surface area (Å²) in [6.45, 7) is 4.10. The van der Waals surface area contributed by atoms with E-state index in [1.807, 2.05) is 12.1 Å². The lowest BCUT2D eigenvalue weighted by Gasteiger charge is -2.22. The molecule has 1 saturated heterocycles. The summed E-state index contributed by atoms with van der Waals surface area (Å²) in [6.07, 6.45) is 2.48. The summed E-state index contributed by atoms with van der Waals surface area (Å²) < 4.78 is 0. The normalized spacial score (nSPS) is 16.7. The van der Waals surface area contributed by atoms with Crippen LogP contribution in [-0.4, -0.2) is 30.7 Å². The van der Waals surface area contributed by atoms with Gasteiger partial charge in [0.25, 0.3) is 0 Å². The van der Waals surface area contributed by atoms with Crippen LogP contribution in [0, 0.1) is 5.92 Å². The third-order valence-corrected chi connectivity index (χ3v) is 3.42. The van der Waals surface area contributed by atoms with Crippen molar-refractivity contribution in [2.45, 2.75) is 19.4 Å². The van der Waals surface area contributed by atoms with E-state index in [0.29, 0.717) is 5.56 Å². The zero-order valence-corrected chi connectivity index (χ0v) is 10.5. The number of carbonyl (C=O) groups is 1. The molecule has 18 heavy (non-hydrogen) atoms.